The second kappa shape index (κ2) is 4.86. The molecule has 1 aromatic heterocycles. The SMILES string of the molecule is CCC(O)(CC)C(=O)c1cccc2cnccc12. The number of hydrogen-bond donors (Lipinski definition) is 1. The third-order valence-corrected chi connectivity index (χ3v) is 3.52. The first-order valence-corrected chi connectivity index (χ1v) is 6.22. The van der Waals surface area contributed by atoms with Gasteiger partial charge in [0.15, 0.2) is 5.78 Å². The molecule has 0 spiro atoms. The van der Waals surface area contributed by atoms with E-state index in [1.807, 2.05) is 32.0 Å². The molecule has 3 heteroatoms. The standard InChI is InChI=1S/C15H17NO2/c1-3-15(18,4-2)14(17)13-7-5-6-11-10-16-9-8-12(11)13/h5-10,18H,3-4H2,1-2H3. The van der Waals surface area contributed by atoms with Crippen LogP contribution >= 0.6 is 0 Å². The summed E-state index contributed by atoms with van der Waals surface area (Å²) >= 11 is 0. The zero-order valence-electron chi connectivity index (χ0n) is 10.7. The molecule has 2 aromatic rings. The predicted octanol–water partition coefficient (Wildman–Crippen LogP) is 2.97. The monoisotopic (exact) mass is 243 g/mol. The fraction of sp³-hybridized carbons (Fsp3) is 0.333. The van der Waals surface area contributed by atoms with Crippen molar-refractivity contribution in [1.29, 1.82) is 0 Å². The Balaban J connectivity index is 2.58. The largest absolute Gasteiger partial charge is 0.382 e. The molecule has 2 rings (SSSR count). The third kappa shape index (κ3) is 2.02. The third-order valence-electron chi connectivity index (χ3n) is 3.52. The molecule has 3 nitrogen and oxygen atoms in total. The summed E-state index contributed by atoms with van der Waals surface area (Å²) < 4.78 is 0. The summed E-state index contributed by atoms with van der Waals surface area (Å²) in [5.41, 5.74) is -0.696. The first kappa shape index (κ1) is 12.7. The van der Waals surface area contributed by atoms with Crippen molar-refractivity contribution >= 4 is 16.6 Å². The number of carbonyl (C=O) groups is 1. The minimum Gasteiger partial charge on any atom is -0.382 e. The van der Waals surface area contributed by atoms with E-state index in [0.29, 0.717) is 18.4 Å². The molecule has 0 atom stereocenters. The smallest absolute Gasteiger partial charge is 0.194 e. The van der Waals surface area contributed by atoms with Crippen molar-refractivity contribution in [2.45, 2.75) is 32.3 Å². The molecule has 0 aliphatic carbocycles. The number of hydrogen-bond acceptors (Lipinski definition) is 3. The Morgan fingerprint density at radius 2 is 2.00 bits per heavy atom. The highest BCUT2D eigenvalue weighted by molar-refractivity contribution is 6.11. The van der Waals surface area contributed by atoms with Gasteiger partial charge >= 0.3 is 0 Å². The van der Waals surface area contributed by atoms with E-state index in [-0.39, 0.29) is 5.78 Å². The van der Waals surface area contributed by atoms with Crippen LogP contribution in [-0.4, -0.2) is 21.5 Å². The van der Waals surface area contributed by atoms with Crippen LogP contribution in [-0.2, 0) is 0 Å². The van der Waals surface area contributed by atoms with Crippen LogP contribution in [0, 0.1) is 0 Å². The van der Waals surface area contributed by atoms with Crippen LogP contribution in [0.1, 0.15) is 37.0 Å². The van der Waals surface area contributed by atoms with Gasteiger partial charge in [0, 0.05) is 23.3 Å². The van der Waals surface area contributed by atoms with Crippen molar-refractivity contribution in [3.05, 3.63) is 42.2 Å². The number of aromatic nitrogens is 1. The summed E-state index contributed by atoms with van der Waals surface area (Å²) in [6, 6.07) is 7.31. The van der Waals surface area contributed by atoms with Crippen LogP contribution in [0.4, 0.5) is 0 Å². The maximum Gasteiger partial charge on any atom is 0.194 e. The first-order chi connectivity index (χ1) is 8.62. The zero-order chi connectivity index (χ0) is 13.2. The average Bonchev–Trinajstić information content (AvgIpc) is 2.45. The van der Waals surface area contributed by atoms with Crippen molar-refractivity contribution in [2.24, 2.45) is 0 Å². The molecule has 0 radical (unpaired) electrons. The van der Waals surface area contributed by atoms with Crippen molar-refractivity contribution in [1.82, 2.24) is 4.98 Å². The summed E-state index contributed by atoms with van der Waals surface area (Å²) in [6.07, 6.45) is 4.23. The van der Waals surface area contributed by atoms with Crippen LogP contribution in [0.5, 0.6) is 0 Å². The summed E-state index contributed by atoms with van der Waals surface area (Å²) in [5, 5.41) is 12.1. The van der Waals surface area contributed by atoms with Gasteiger partial charge < -0.3 is 5.11 Å². The highest BCUT2D eigenvalue weighted by Crippen LogP contribution is 2.26. The van der Waals surface area contributed by atoms with Crippen molar-refractivity contribution in [3.63, 3.8) is 0 Å². The maximum absolute atomic E-state index is 12.5. The fourth-order valence-electron chi connectivity index (χ4n) is 2.14. The van der Waals surface area contributed by atoms with Gasteiger partial charge in [0.1, 0.15) is 5.60 Å². The molecule has 0 saturated carbocycles. The zero-order valence-corrected chi connectivity index (χ0v) is 10.7. The molecule has 94 valence electrons. The Morgan fingerprint density at radius 3 is 2.67 bits per heavy atom. The quantitative estimate of drug-likeness (QED) is 0.840. The predicted molar refractivity (Wildman–Crippen MR) is 71.6 cm³/mol. The molecule has 0 saturated heterocycles. The number of nitrogens with zero attached hydrogens (tertiary/aromatic N) is 1. The summed E-state index contributed by atoms with van der Waals surface area (Å²) in [6.45, 7) is 3.65. The fourth-order valence-corrected chi connectivity index (χ4v) is 2.14. The summed E-state index contributed by atoms with van der Waals surface area (Å²) in [5.74, 6) is -0.204. The summed E-state index contributed by atoms with van der Waals surface area (Å²) in [7, 11) is 0. The lowest BCUT2D eigenvalue weighted by atomic mass is 9.86. The number of fused-ring (bicyclic) bond motifs is 1. The van der Waals surface area contributed by atoms with E-state index in [1.165, 1.54) is 0 Å². The maximum atomic E-state index is 12.5. The highest BCUT2D eigenvalue weighted by atomic mass is 16.3. The van der Waals surface area contributed by atoms with Gasteiger partial charge in [-0.2, -0.15) is 0 Å². The van der Waals surface area contributed by atoms with Gasteiger partial charge in [0.25, 0.3) is 0 Å². The van der Waals surface area contributed by atoms with Gasteiger partial charge in [-0.25, -0.2) is 0 Å². The van der Waals surface area contributed by atoms with Gasteiger partial charge in [-0.1, -0.05) is 32.0 Å². The van der Waals surface area contributed by atoms with Crippen molar-refractivity contribution in [3.8, 4) is 0 Å². The van der Waals surface area contributed by atoms with E-state index in [2.05, 4.69) is 4.98 Å². The van der Waals surface area contributed by atoms with E-state index < -0.39 is 5.60 Å². The topological polar surface area (TPSA) is 50.2 Å². The molecule has 18 heavy (non-hydrogen) atoms. The van der Waals surface area contributed by atoms with Gasteiger partial charge in [0.2, 0.25) is 0 Å². The summed E-state index contributed by atoms with van der Waals surface area (Å²) in [4.78, 5) is 16.5. The lowest BCUT2D eigenvalue weighted by molar-refractivity contribution is 0.0279. The van der Waals surface area contributed by atoms with E-state index in [9.17, 15) is 9.90 Å². The first-order valence-electron chi connectivity index (χ1n) is 6.22. The minimum absolute atomic E-state index is 0.204. The van der Waals surface area contributed by atoms with E-state index >= 15 is 0 Å². The van der Waals surface area contributed by atoms with Crippen LogP contribution < -0.4 is 0 Å². The van der Waals surface area contributed by atoms with E-state index in [4.69, 9.17) is 0 Å². The number of benzene rings is 1. The molecule has 0 unspecified atom stereocenters. The molecular weight excluding hydrogens is 226 g/mol. The van der Waals surface area contributed by atoms with E-state index in [0.717, 1.165) is 10.8 Å². The average molecular weight is 243 g/mol. The Hall–Kier alpha value is -1.74. The molecular formula is C15H17NO2. The molecule has 0 aliphatic heterocycles. The van der Waals surface area contributed by atoms with Crippen LogP contribution in [0.25, 0.3) is 10.8 Å². The van der Waals surface area contributed by atoms with Gasteiger partial charge in [0.05, 0.1) is 0 Å². The van der Waals surface area contributed by atoms with E-state index in [1.54, 1.807) is 18.5 Å². The normalized spacial score (nSPS) is 11.7. The molecule has 1 heterocycles. The molecule has 0 fully saturated rings. The molecule has 1 aromatic carbocycles. The van der Waals surface area contributed by atoms with Crippen LogP contribution in [0.15, 0.2) is 36.7 Å². The molecule has 0 bridgehead atoms. The van der Waals surface area contributed by atoms with Crippen LogP contribution in [0.3, 0.4) is 0 Å². The number of Topliss-reactive ketones (excluding diaryl/α,β-unsaturated/α-hetero) is 1. The number of aliphatic hydroxyl groups is 1. The lowest BCUT2D eigenvalue weighted by Crippen LogP contribution is -2.37. The van der Waals surface area contributed by atoms with Gasteiger partial charge in [-0.3, -0.25) is 9.78 Å². The van der Waals surface area contributed by atoms with Gasteiger partial charge in [-0.05, 0) is 24.3 Å². The second-order valence-corrected chi connectivity index (χ2v) is 4.47. The second-order valence-electron chi connectivity index (χ2n) is 4.47. The Labute approximate surface area is 106 Å². The molecule has 0 aliphatic rings. The molecule has 1 N–H and O–H groups in total. The highest BCUT2D eigenvalue weighted by Gasteiger charge is 2.33. The van der Waals surface area contributed by atoms with Crippen LogP contribution in [0.2, 0.25) is 0 Å². The number of carbonyl (C=O) groups excluding carboxylic acids is 1. The number of ketones is 1. The molecule has 0 amide bonds. The Kier molecular flexibility index (Phi) is 3.43. The minimum atomic E-state index is -1.27. The Bertz CT molecular complexity index is 568. The van der Waals surface area contributed by atoms with Crippen molar-refractivity contribution in [2.75, 3.05) is 0 Å². The van der Waals surface area contributed by atoms with Gasteiger partial charge in [-0.15, -0.1) is 0 Å². The number of pyridine rings is 1. The lowest BCUT2D eigenvalue weighted by Gasteiger charge is -2.24. The number of rotatable bonds is 4. The Morgan fingerprint density at radius 1 is 1.28 bits per heavy atom. The van der Waals surface area contributed by atoms with Crippen molar-refractivity contribution < 1.29 is 9.90 Å².